The fourth-order valence-corrected chi connectivity index (χ4v) is 5.23. The highest BCUT2D eigenvalue weighted by atomic mass is 16.3. The summed E-state index contributed by atoms with van der Waals surface area (Å²) in [5.41, 5.74) is 13.3. The van der Waals surface area contributed by atoms with Gasteiger partial charge in [-0.05, 0) is 80.2 Å². The molecule has 1 heterocycles. The topological polar surface area (TPSA) is 39.2 Å². The van der Waals surface area contributed by atoms with Crippen molar-refractivity contribution in [3.8, 4) is 22.3 Å². The van der Waals surface area contributed by atoms with Crippen LogP contribution >= 0.6 is 0 Å². The molecule has 0 saturated carbocycles. The van der Waals surface area contributed by atoms with Gasteiger partial charge in [-0.15, -0.1) is 0 Å². The Morgan fingerprint density at radius 2 is 1.24 bits per heavy atom. The Bertz CT molecular complexity index is 1880. The van der Waals surface area contributed by atoms with Gasteiger partial charge in [0.05, 0.1) is 0 Å². The Balaban J connectivity index is 1.54. The van der Waals surface area contributed by atoms with E-state index in [1.54, 1.807) is 0 Å². The number of benzene rings is 6. The third-order valence-corrected chi connectivity index (χ3v) is 6.77. The number of nitrogen functional groups attached to an aromatic ring is 1. The van der Waals surface area contributed by atoms with Crippen molar-refractivity contribution in [3.05, 3.63) is 115 Å². The Morgan fingerprint density at radius 1 is 0.471 bits per heavy atom. The molecule has 0 saturated heterocycles. The van der Waals surface area contributed by atoms with Gasteiger partial charge < -0.3 is 10.2 Å². The molecule has 0 amide bonds. The molecule has 160 valence electrons. The molecule has 0 fully saturated rings. The van der Waals surface area contributed by atoms with Gasteiger partial charge in [-0.3, -0.25) is 0 Å². The van der Waals surface area contributed by atoms with Crippen LogP contribution in [0.25, 0.3) is 65.7 Å². The van der Waals surface area contributed by atoms with Gasteiger partial charge in [0.1, 0.15) is 11.2 Å². The van der Waals surface area contributed by atoms with E-state index in [2.05, 4.69) is 84.9 Å². The lowest BCUT2D eigenvalue weighted by Gasteiger charge is -2.11. The third kappa shape index (κ3) is 2.82. The van der Waals surface area contributed by atoms with Crippen LogP contribution in [0.15, 0.2) is 120 Å². The summed E-state index contributed by atoms with van der Waals surface area (Å²) < 4.78 is 6.26. The van der Waals surface area contributed by atoms with E-state index in [0.717, 1.165) is 38.8 Å². The quantitative estimate of drug-likeness (QED) is 0.218. The Kier molecular flexibility index (Phi) is 4.03. The predicted octanol–water partition coefficient (Wildman–Crippen LogP) is 8.81. The fourth-order valence-electron chi connectivity index (χ4n) is 5.23. The zero-order chi connectivity index (χ0) is 22.6. The third-order valence-electron chi connectivity index (χ3n) is 6.77. The molecule has 0 aliphatic carbocycles. The van der Waals surface area contributed by atoms with Crippen LogP contribution in [-0.4, -0.2) is 0 Å². The van der Waals surface area contributed by atoms with Crippen molar-refractivity contribution in [1.29, 1.82) is 0 Å². The molecule has 2 nitrogen and oxygen atoms in total. The van der Waals surface area contributed by atoms with Crippen molar-refractivity contribution < 1.29 is 4.42 Å². The Morgan fingerprint density at radius 3 is 2.12 bits per heavy atom. The van der Waals surface area contributed by atoms with Gasteiger partial charge in [-0.25, -0.2) is 0 Å². The summed E-state index contributed by atoms with van der Waals surface area (Å²) in [5, 5.41) is 7.28. The first-order chi connectivity index (χ1) is 16.8. The number of nitrogens with two attached hydrogens (primary N) is 1. The Labute approximate surface area is 196 Å². The smallest absolute Gasteiger partial charge is 0.136 e. The van der Waals surface area contributed by atoms with E-state index >= 15 is 0 Å². The van der Waals surface area contributed by atoms with Crippen LogP contribution < -0.4 is 5.73 Å². The predicted molar refractivity (Wildman–Crippen MR) is 144 cm³/mol. The van der Waals surface area contributed by atoms with E-state index in [9.17, 15) is 0 Å². The number of hydrogen-bond acceptors (Lipinski definition) is 2. The highest BCUT2D eigenvalue weighted by Crippen LogP contribution is 2.41. The first-order valence-electron chi connectivity index (χ1n) is 11.5. The molecule has 0 spiro atoms. The van der Waals surface area contributed by atoms with E-state index in [-0.39, 0.29) is 0 Å². The van der Waals surface area contributed by atoms with Crippen molar-refractivity contribution in [1.82, 2.24) is 0 Å². The Hall–Kier alpha value is -4.56. The molecule has 0 aliphatic rings. The lowest BCUT2D eigenvalue weighted by molar-refractivity contribution is 0.669. The van der Waals surface area contributed by atoms with Gasteiger partial charge in [0, 0.05) is 16.5 Å². The average Bonchev–Trinajstić information content (AvgIpc) is 3.26. The zero-order valence-electron chi connectivity index (χ0n) is 18.5. The van der Waals surface area contributed by atoms with Gasteiger partial charge in [0.2, 0.25) is 0 Å². The van der Waals surface area contributed by atoms with Crippen LogP contribution in [-0.2, 0) is 0 Å². The van der Waals surface area contributed by atoms with Crippen molar-refractivity contribution in [2.24, 2.45) is 0 Å². The molecular weight excluding hydrogens is 414 g/mol. The number of fused-ring (bicyclic) bond motifs is 6. The van der Waals surface area contributed by atoms with Crippen molar-refractivity contribution in [2.75, 3.05) is 5.73 Å². The van der Waals surface area contributed by atoms with E-state index in [0.29, 0.717) is 0 Å². The molecule has 1 aromatic heterocycles. The molecular formula is C32H21NO. The molecule has 7 aromatic rings. The second kappa shape index (κ2) is 7.23. The van der Waals surface area contributed by atoms with E-state index < -0.39 is 0 Å². The highest BCUT2D eigenvalue weighted by molar-refractivity contribution is 6.16. The largest absolute Gasteiger partial charge is 0.456 e. The van der Waals surface area contributed by atoms with Gasteiger partial charge >= 0.3 is 0 Å². The number of furan rings is 1. The summed E-state index contributed by atoms with van der Waals surface area (Å²) in [7, 11) is 0. The summed E-state index contributed by atoms with van der Waals surface area (Å²) in [6.45, 7) is 0. The normalized spacial score (nSPS) is 11.6. The number of hydrogen-bond donors (Lipinski definition) is 1. The maximum Gasteiger partial charge on any atom is 0.136 e. The van der Waals surface area contributed by atoms with Crippen molar-refractivity contribution >= 4 is 49.2 Å². The molecule has 2 heteroatoms. The SMILES string of the molecule is Nc1cccc(-c2cccc3oc4ccc(-c5cc6ccccc6c6ccccc56)cc4c23)c1. The first kappa shape index (κ1) is 19.0. The molecule has 6 aromatic carbocycles. The van der Waals surface area contributed by atoms with Gasteiger partial charge in [0.15, 0.2) is 0 Å². The van der Waals surface area contributed by atoms with Gasteiger partial charge in [-0.1, -0.05) is 78.9 Å². The van der Waals surface area contributed by atoms with E-state index in [4.69, 9.17) is 10.2 Å². The van der Waals surface area contributed by atoms with Crippen LogP contribution in [0.1, 0.15) is 0 Å². The maximum absolute atomic E-state index is 6.26. The summed E-state index contributed by atoms with van der Waals surface area (Å²) in [6.07, 6.45) is 0. The highest BCUT2D eigenvalue weighted by Gasteiger charge is 2.15. The van der Waals surface area contributed by atoms with Crippen molar-refractivity contribution in [3.63, 3.8) is 0 Å². The van der Waals surface area contributed by atoms with Gasteiger partial charge in [0.25, 0.3) is 0 Å². The van der Waals surface area contributed by atoms with Gasteiger partial charge in [-0.2, -0.15) is 0 Å². The minimum absolute atomic E-state index is 0.755. The number of rotatable bonds is 2. The summed E-state index contributed by atoms with van der Waals surface area (Å²) >= 11 is 0. The molecule has 2 N–H and O–H groups in total. The second-order valence-corrected chi connectivity index (χ2v) is 8.81. The summed E-state index contributed by atoms with van der Waals surface area (Å²) in [4.78, 5) is 0. The molecule has 0 bridgehead atoms. The molecule has 0 unspecified atom stereocenters. The maximum atomic E-state index is 6.26. The molecule has 0 aliphatic heterocycles. The van der Waals surface area contributed by atoms with E-state index in [1.807, 2.05) is 30.3 Å². The molecule has 34 heavy (non-hydrogen) atoms. The molecule has 0 atom stereocenters. The number of anilines is 1. The van der Waals surface area contributed by atoms with Crippen LogP contribution in [0.4, 0.5) is 5.69 Å². The van der Waals surface area contributed by atoms with Crippen LogP contribution in [0.5, 0.6) is 0 Å². The standard InChI is InChI=1S/C32H21NO/c33-23-9-5-8-20(17-23)25-13-6-14-31-32(25)29-19-22(15-16-30(29)34-31)28-18-21-7-1-2-10-24(21)26-11-3-4-12-27(26)28/h1-19H,33H2. The molecule has 0 radical (unpaired) electrons. The van der Waals surface area contributed by atoms with Crippen LogP contribution in [0, 0.1) is 0 Å². The summed E-state index contributed by atoms with van der Waals surface area (Å²) in [6, 6.07) is 40.4. The minimum Gasteiger partial charge on any atom is -0.456 e. The lowest BCUT2D eigenvalue weighted by atomic mass is 9.92. The summed E-state index contributed by atoms with van der Waals surface area (Å²) in [5.74, 6) is 0. The van der Waals surface area contributed by atoms with E-state index in [1.165, 1.54) is 32.7 Å². The fraction of sp³-hybridized carbons (Fsp3) is 0. The minimum atomic E-state index is 0.755. The monoisotopic (exact) mass is 435 g/mol. The first-order valence-corrected chi connectivity index (χ1v) is 11.5. The zero-order valence-corrected chi connectivity index (χ0v) is 18.5. The average molecular weight is 436 g/mol. The van der Waals surface area contributed by atoms with Crippen molar-refractivity contribution in [2.45, 2.75) is 0 Å². The van der Waals surface area contributed by atoms with Crippen LogP contribution in [0.3, 0.4) is 0 Å². The van der Waals surface area contributed by atoms with Crippen LogP contribution in [0.2, 0.25) is 0 Å². The molecule has 7 rings (SSSR count). The second-order valence-electron chi connectivity index (χ2n) is 8.81. The lowest BCUT2D eigenvalue weighted by Crippen LogP contribution is -1.86.